The Morgan fingerprint density at radius 1 is 0.373 bits per heavy atom. The zero-order valence-corrected chi connectivity index (χ0v) is 50.3. The number of aliphatic hydroxyl groups is 2. The van der Waals surface area contributed by atoms with Crippen molar-refractivity contribution in [2.75, 3.05) is 13.2 Å². The van der Waals surface area contributed by atoms with Gasteiger partial charge in [-0.05, 0) is 89.9 Å². The third-order valence-corrected chi connectivity index (χ3v) is 15.3. The number of amides is 1. The molecule has 0 rings (SSSR count). The van der Waals surface area contributed by atoms with Crippen LogP contribution in [0, 0.1) is 0 Å². The molecule has 2 atom stereocenters. The molecule has 0 aliphatic carbocycles. The van der Waals surface area contributed by atoms with Crippen LogP contribution in [0.5, 0.6) is 0 Å². The highest BCUT2D eigenvalue weighted by molar-refractivity contribution is 5.76. The van der Waals surface area contributed by atoms with Gasteiger partial charge in [0.25, 0.3) is 0 Å². The molecule has 1 amide bonds. The lowest BCUT2D eigenvalue weighted by Crippen LogP contribution is -2.45. The predicted molar refractivity (Wildman–Crippen MR) is 329 cm³/mol. The van der Waals surface area contributed by atoms with Crippen molar-refractivity contribution in [3.8, 4) is 0 Å². The van der Waals surface area contributed by atoms with Crippen molar-refractivity contribution in [2.24, 2.45) is 0 Å². The molecule has 0 aliphatic rings. The van der Waals surface area contributed by atoms with Gasteiger partial charge in [-0.15, -0.1) is 0 Å². The molecule has 0 bridgehead atoms. The molecule has 0 saturated heterocycles. The predicted octanol–water partition coefficient (Wildman–Crippen LogP) is 21.3. The monoisotopic (exact) mass is 1050 g/mol. The van der Waals surface area contributed by atoms with Gasteiger partial charge in [-0.3, -0.25) is 9.59 Å². The molecule has 75 heavy (non-hydrogen) atoms. The smallest absolute Gasteiger partial charge is 0.305 e. The number of allylic oxidation sites excluding steroid dienone is 7. The van der Waals surface area contributed by atoms with Crippen LogP contribution in [-0.2, 0) is 14.3 Å². The summed E-state index contributed by atoms with van der Waals surface area (Å²) in [5, 5.41) is 23.2. The molecule has 0 saturated carbocycles. The van der Waals surface area contributed by atoms with Gasteiger partial charge in [0.1, 0.15) is 0 Å². The SMILES string of the molecule is CCCCCCCC/C=C\CCCCCCCC(=O)OCCCCCCCCCCC/C=C\C/C=C\CCCCCCCCCCCCCC(=O)NC(CO)C(O)/C=C/CCCCCCCCCCCCCCCC. The third kappa shape index (κ3) is 60.9. The van der Waals surface area contributed by atoms with Gasteiger partial charge in [0.05, 0.1) is 25.4 Å². The topological polar surface area (TPSA) is 95.9 Å². The lowest BCUT2D eigenvalue weighted by atomic mass is 10.0. The van der Waals surface area contributed by atoms with Crippen molar-refractivity contribution < 1.29 is 24.5 Å². The minimum absolute atomic E-state index is 0.00225. The normalized spacial score (nSPS) is 12.9. The molecule has 0 heterocycles. The Bertz CT molecular complexity index is 1260. The molecule has 0 radical (unpaired) electrons. The number of aliphatic hydroxyl groups excluding tert-OH is 2. The maximum absolute atomic E-state index is 12.5. The molecule has 0 spiro atoms. The fourth-order valence-corrected chi connectivity index (χ4v) is 10.2. The van der Waals surface area contributed by atoms with Gasteiger partial charge in [0.15, 0.2) is 0 Å². The Kier molecular flexibility index (Phi) is 62.5. The minimum Gasteiger partial charge on any atom is -0.466 e. The summed E-state index contributed by atoms with van der Waals surface area (Å²) in [5.41, 5.74) is 0. The molecule has 2 unspecified atom stereocenters. The largest absolute Gasteiger partial charge is 0.466 e. The summed E-state index contributed by atoms with van der Waals surface area (Å²) < 4.78 is 5.48. The molecular weight excluding hydrogens is 923 g/mol. The number of ether oxygens (including phenoxy) is 1. The number of unbranched alkanes of at least 4 members (excludes halogenated alkanes) is 45. The lowest BCUT2D eigenvalue weighted by Gasteiger charge is -2.20. The van der Waals surface area contributed by atoms with Crippen molar-refractivity contribution in [3.63, 3.8) is 0 Å². The van der Waals surface area contributed by atoms with Crippen molar-refractivity contribution in [1.82, 2.24) is 5.32 Å². The first-order chi connectivity index (χ1) is 37.0. The van der Waals surface area contributed by atoms with Crippen LogP contribution in [0.15, 0.2) is 48.6 Å². The number of esters is 1. The summed E-state index contributed by atoms with van der Waals surface area (Å²) in [6.07, 6.45) is 83.1. The van der Waals surface area contributed by atoms with Crippen molar-refractivity contribution >= 4 is 11.9 Å². The summed E-state index contributed by atoms with van der Waals surface area (Å²) >= 11 is 0. The molecule has 6 nitrogen and oxygen atoms in total. The third-order valence-electron chi connectivity index (χ3n) is 15.3. The second-order valence-corrected chi connectivity index (χ2v) is 22.8. The molecule has 0 fully saturated rings. The molecule has 0 aromatic heterocycles. The van der Waals surface area contributed by atoms with Gasteiger partial charge >= 0.3 is 5.97 Å². The van der Waals surface area contributed by atoms with Crippen LogP contribution >= 0.6 is 0 Å². The van der Waals surface area contributed by atoms with E-state index < -0.39 is 12.1 Å². The second-order valence-electron chi connectivity index (χ2n) is 22.8. The van der Waals surface area contributed by atoms with E-state index in [2.05, 4.69) is 55.6 Å². The van der Waals surface area contributed by atoms with Gasteiger partial charge < -0.3 is 20.3 Å². The highest BCUT2D eigenvalue weighted by atomic mass is 16.5. The zero-order valence-electron chi connectivity index (χ0n) is 50.3. The number of rotatable bonds is 62. The van der Waals surface area contributed by atoms with E-state index in [4.69, 9.17) is 4.74 Å². The first kappa shape index (κ1) is 72.8. The van der Waals surface area contributed by atoms with E-state index in [1.54, 1.807) is 6.08 Å². The summed E-state index contributed by atoms with van der Waals surface area (Å²) in [7, 11) is 0. The Hall–Kier alpha value is -2.18. The summed E-state index contributed by atoms with van der Waals surface area (Å²) in [4.78, 5) is 24.5. The lowest BCUT2D eigenvalue weighted by molar-refractivity contribution is -0.143. The first-order valence-corrected chi connectivity index (χ1v) is 33.4. The average Bonchev–Trinajstić information content (AvgIpc) is 3.41. The fourth-order valence-electron chi connectivity index (χ4n) is 10.2. The van der Waals surface area contributed by atoms with Crippen LogP contribution < -0.4 is 5.32 Å². The minimum atomic E-state index is -0.847. The van der Waals surface area contributed by atoms with Gasteiger partial charge in [-0.25, -0.2) is 0 Å². The van der Waals surface area contributed by atoms with Crippen molar-refractivity contribution in [1.29, 1.82) is 0 Å². The van der Waals surface area contributed by atoms with E-state index in [1.807, 2.05) is 6.08 Å². The van der Waals surface area contributed by atoms with E-state index >= 15 is 0 Å². The average molecular weight is 1050 g/mol. The van der Waals surface area contributed by atoms with E-state index in [9.17, 15) is 19.8 Å². The van der Waals surface area contributed by atoms with Crippen LogP contribution in [-0.4, -0.2) is 47.4 Å². The first-order valence-electron chi connectivity index (χ1n) is 33.4. The molecule has 3 N–H and O–H groups in total. The summed E-state index contributed by atoms with van der Waals surface area (Å²) in [5.74, 6) is -0.0675. The van der Waals surface area contributed by atoms with Crippen LogP contribution in [0.2, 0.25) is 0 Å². The van der Waals surface area contributed by atoms with E-state index in [1.165, 1.54) is 276 Å². The van der Waals surface area contributed by atoms with Gasteiger partial charge in [0, 0.05) is 12.8 Å². The number of carbonyl (C=O) groups excluding carboxylic acids is 2. The Morgan fingerprint density at radius 3 is 1.03 bits per heavy atom. The fraction of sp³-hybridized carbons (Fsp3) is 0.855. The van der Waals surface area contributed by atoms with Gasteiger partial charge in [-0.2, -0.15) is 0 Å². The van der Waals surface area contributed by atoms with E-state index in [-0.39, 0.29) is 18.5 Å². The number of hydrogen-bond donors (Lipinski definition) is 3. The summed E-state index contributed by atoms with van der Waals surface area (Å²) in [6, 6.07) is -0.631. The highest BCUT2D eigenvalue weighted by Gasteiger charge is 2.18. The number of hydrogen-bond acceptors (Lipinski definition) is 5. The maximum atomic E-state index is 12.5. The second kappa shape index (κ2) is 64.3. The number of carbonyl (C=O) groups is 2. The van der Waals surface area contributed by atoms with Crippen LogP contribution in [0.1, 0.15) is 354 Å². The van der Waals surface area contributed by atoms with Crippen LogP contribution in [0.25, 0.3) is 0 Å². The zero-order chi connectivity index (χ0) is 54.3. The van der Waals surface area contributed by atoms with Gasteiger partial charge in [-0.1, -0.05) is 300 Å². The van der Waals surface area contributed by atoms with E-state index in [0.717, 1.165) is 51.4 Å². The Morgan fingerprint density at radius 2 is 0.667 bits per heavy atom. The highest BCUT2D eigenvalue weighted by Crippen LogP contribution is 2.17. The van der Waals surface area contributed by atoms with Gasteiger partial charge in [0.2, 0.25) is 5.91 Å². The summed E-state index contributed by atoms with van der Waals surface area (Å²) in [6.45, 7) is 4.91. The molecule has 0 aromatic rings. The molecule has 0 aliphatic heterocycles. The molecule has 440 valence electrons. The van der Waals surface area contributed by atoms with Crippen LogP contribution in [0.3, 0.4) is 0 Å². The maximum Gasteiger partial charge on any atom is 0.305 e. The van der Waals surface area contributed by atoms with Crippen molar-refractivity contribution in [3.05, 3.63) is 48.6 Å². The molecule has 0 aromatic carbocycles. The van der Waals surface area contributed by atoms with E-state index in [0.29, 0.717) is 19.4 Å². The number of nitrogens with one attached hydrogen (secondary N) is 1. The standard InChI is InChI=1S/C69H129NO5/c1-3-5-7-9-11-13-15-17-19-34-37-41-45-49-53-57-61-67(72)66(65-71)70-68(73)62-58-54-50-46-42-38-35-31-29-27-25-23-21-20-22-24-26-28-30-32-36-40-44-48-52-56-60-64-75-69(74)63-59-55-51-47-43-39-33-18-16-14-12-10-8-6-4-2/h18,20-21,24,26,33,57,61,66-67,71-72H,3-17,19,22-23,25,27-32,34-56,58-60,62-65H2,1-2H3,(H,70,73)/b21-20-,26-24-,33-18-,61-57+. The molecule has 6 heteroatoms. The Balaban J connectivity index is 3.44. The Labute approximate surface area is 467 Å². The quantitative estimate of drug-likeness (QED) is 0.0320. The molecular formula is C69H129NO5. The van der Waals surface area contributed by atoms with Crippen molar-refractivity contribution in [2.45, 2.75) is 366 Å². The van der Waals surface area contributed by atoms with Crippen LogP contribution in [0.4, 0.5) is 0 Å².